The highest BCUT2D eigenvalue weighted by Gasteiger charge is 2.49. The van der Waals surface area contributed by atoms with Gasteiger partial charge in [-0.25, -0.2) is 15.0 Å². The molecular weight excluding hydrogens is 418 g/mol. The molecule has 2 bridgehead atoms. The molecule has 8 heteroatoms. The molecule has 0 saturated carbocycles. The summed E-state index contributed by atoms with van der Waals surface area (Å²) in [4.78, 5) is 22.3. The van der Waals surface area contributed by atoms with Crippen LogP contribution in [0, 0.1) is 13.8 Å². The van der Waals surface area contributed by atoms with Crippen molar-refractivity contribution in [2.24, 2.45) is 0 Å². The van der Waals surface area contributed by atoms with Crippen LogP contribution in [0.4, 0.5) is 5.13 Å². The Balaban J connectivity index is 1.33. The number of thiazole rings is 1. The zero-order valence-electron chi connectivity index (χ0n) is 19.3. The number of hydrogen-bond acceptors (Lipinski definition) is 7. The van der Waals surface area contributed by atoms with E-state index in [1.54, 1.807) is 11.3 Å². The van der Waals surface area contributed by atoms with Gasteiger partial charge >= 0.3 is 0 Å². The van der Waals surface area contributed by atoms with Crippen molar-refractivity contribution in [2.45, 2.75) is 70.5 Å². The molecule has 6 rings (SSSR count). The fourth-order valence-corrected chi connectivity index (χ4v) is 6.76. The first kappa shape index (κ1) is 20.1. The third-order valence-electron chi connectivity index (χ3n) is 7.34. The van der Waals surface area contributed by atoms with Crippen LogP contribution in [0.3, 0.4) is 0 Å². The molecule has 4 aromatic heterocycles. The van der Waals surface area contributed by atoms with E-state index >= 15 is 0 Å². The third kappa shape index (κ3) is 3.19. The summed E-state index contributed by atoms with van der Waals surface area (Å²) in [6.45, 7) is 8.79. The largest absolute Gasteiger partial charge is 0.348 e. The Kier molecular flexibility index (Phi) is 4.21. The maximum absolute atomic E-state index is 4.89. The van der Waals surface area contributed by atoms with E-state index in [9.17, 15) is 0 Å². The number of nitrogens with zero attached hydrogens (tertiary/aromatic N) is 6. The lowest BCUT2D eigenvalue weighted by molar-refractivity contribution is 0.208. The third-order valence-corrected chi connectivity index (χ3v) is 8.40. The maximum atomic E-state index is 4.89. The lowest BCUT2D eigenvalue weighted by Gasteiger charge is -2.45. The molecule has 166 valence electrons. The van der Waals surface area contributed by atoms with Gasteiger partial charge in [-0.3, -0.25) is 4.98 Å². The lowest BCUT2D eigenvalue weighted by atomic mass is 9.84. The molecule has 0 amide bonds. The Bertz CT molecular complexity index is 1340. The van der Waals surface area contributed by atoms with Gasteiger partial charge in [0.05, 0.1) is 23.1 Å². The van der Waals surface area contributed by atoms with Gasteiger partial charge in [0.25, 0.3) is 0 Å². The van der Waals surface area contributed by atoms with Gasteiger partial charge in [-0.2, -0.15) is 0 Å². The maximum Gasteiger partial charge on any atom is 0.187 e. The number of aryl methyl sites for hydroxylation is 2. The van der Waals surface area contributed by atoms with Crippen LogP contribution in [-0.2, 0) is 0 Å². The standard InChI is InChI=1S/C24H29N7S/c1-14-12-31-13-16(8-19(31)15(2)26-14)20-25-11-18-21(28-20)32-22(27-18)30(5)17-9-23(3)6-7-24(4,10-17)29-23/h8,11-13,17,29H,6-7,9-10H2,1-5H3. The van der Waals surface area contributed by atoms with E-state index in [0.717, 1.165) is 56.6 Å². The Hall–Kier alpha value is -2.58. The van der Waals surface area contributed by atoms with E-state index in [-0.39, 0.29) is 11.1 Å². The van der Waals surface area contributed by atoms with E-state index in [4.69, 9.17) is 9.97 Å². The summed E-state index contributed by atoms with van der Waals surface area (Å²) in [5, 5.41) is 4.91. The number of aromatic nitrogens is 5. The zero-order chi connectivity index (χ0) is 22.3. The van der Waals surface area contributed by atoms with E-state index < -0.39 is 0 Å². The fraction of sp³-hybridized carbons (Fsp3) is 0.500. The Morgan fingerprint density at radius 2 is 1.84 bits per heavy atom. The van der Waals surface area contributed by atoms with Crippen LogP contribution in [0.2, 0.25) is 0 Å². The molecule has 0 aliphatic carbocycles. The summed E-state index contributed by atoms with van der Waals surface area (Å²) in [5.74, 6) is 0.732. The van der Waals surface area contributed by atoms with Gasteiger partial charge in [-0.05, 0) is 59.4 Å². The first-order chi connectivity index (χ1) is 15.2. The summed E-state index contributed by atoms with van der Waals surface area (Å²) >= 11 is 1.67. The van der Waals surface area contributed by atoms with Crippen molar-refractivity contribution in [2.75, 3.05) is 11.9 Å². The molecule has 2 aliphatic heterocycles. The zero-order valence-corrected chi connectivity index (χ0v) is 20.1. The van der Waals surface area contributed by atoms with Crippen molar-refractivity contribution >= 4 is 32.3 Å². The molecule has 0 aromatic carbocycles. The average Bonchev–Trinajstić information content (AvgIpc) is 3.40. The number of fused-ring (bicyclic) bond motifs is 4. The van der Waals surface area contributed by atoms with Gasteiger partial charge in [-0.1, -0.05) is 11.3 Å². The number of nitrogens with one attached hydrogen (secondary N) is 1. The van der Waals surface area contributed by atoms with Gasteiger partial charge in [0.2, 0.25) is 0 Å². The second-order valence-corrected chi connectivity index (χ2v) is 11.2. The number of anilines is 1. The second kappa shape index (κ2) is 6.71. The molecule has 4 aromatic rings. The summed E-state index contributed by atoms with van der Waals surface area (Å²) in [6.07, 6.45) is 10.8. The minimum absolute atomic E-state index is 0.235. The highest BCUT2D eigenvalue weighted by Crippen LogP contribution is 2.44. The second-order valence-electron chi connectivity index (χ2n) is 10.3. The molecule has 2 aliphatic rings. The summed E-state index contributed by atoms with van der Waals surface area (Å²) < 4.78 is 2.11. The molecule has 2 fully saturated rings. The molecule has 6 heterocycles. The molecule has 1 N–H and O–H groups in total. The average molecular weight is 448 g/mol. The topological polar surface area (TPSA) is 71.2 Å². The van der Waals surface area contributed by atoms with E-state index in [1.165, 1.54) is 12.8 Å². The van der Waals surface area contributed by atoms with Crippen molar-refractivity contribution in [3.8, 4) is 11.4 Å². The highest BCUT2D eigenvalue weighted by molar-refractivity contribution is 7.21. The van der Waals surface area contributed by atoms with Gasteiger partial charge in [0, 0.05) is 42.1 Å². The monoisotopic (exact) mass is 447 g/mol. The van der Waals surface area contributed by atoms with Crippen molar-refractivity contribution in [1.29, 1.82) is 0 Å². The predicted molar refractivity (Wildman–Crippen MR) is 129 cm³/mol. The lowest BCUT2D eigenvalue weighted by Crippen LogP contribution is -2.58. The minimum Gasteiger partial charge on any atom is -0.348 e. The molecule has 0 radical (unpaired) electrons. The summed E-state index contributed by atoms with van der Waals surface area (Å²) in [7, 11) is 2.19. The molecule has 2 unspecified atom stereocenters. The minimum atomic E-state index is 0.235. The van der Waals surface area contributed by atoms with Gasteiger partial charge in [0.1, 0.15) is 10.3 Å². The van der Waals surface area contributed by atoms with Crippen LogP contribution < -0.4 is 10.2 Å². The van der Waals surface area contributed by atoms with Crippen molar-refractivity contribution in [3.63, 3.8) is 0 Å². The van der Waals surface area contributed by atoms with Crippen molar-refractivity contribution in [3.05, 3.63) is 36.0 Å². The molecule has 32 heavy (non-hydrogen) atoms. The van der Waals surface area contributed by atoms with Gasteiger partial charge in [0.15, 0.2) is 11.0 Å². The van der Waals surface area contributed by atoms with E-state index in [2.05, 4.69) is 57.7 Å². The highest BCUT2D eigenvalue weighted by atomic mass is 32.1. The van der Waals surface area contributed by atoms with Crippen molar-refractivity contribution < 1.29 is 0 Å². The number of rotatable bonds is 3. The Morgan fingerprint density at radius 3 is 2.59 bits per heavy atom. The summed E-state index contributed by atoms with van der Waals surface area (Å²) in [6, 6.07) is 2.60. The summed E-state index contributed by atoms with van der Waals surface area (Å²) in [5.41, 5.74) is 5.43. The molecule has 7 nitrogen and oxygen atoms in total. The van der Waals surface area contributed by atoms with Crippen LogP contribution in [0.1, 0.15) is 50.9 Å². The first-order valence-electron chi connectivity index (χ1n) is 11.3. The fourth-order valence-electron chi connectivity index (χ4n) is 5.82. The normalized spacial score (nSPS) is 27.5. The SMILES string of the molecule is Cc1cn2cc(-c3ncc4nc(N(C)C5CC6(C)CCC(C)(C5)N6)sc4n3)cc2c(C)n1. The van der Waals surface area contributed by atoms with Crippen LogP contribution in [0.5, 0.6) is 0 Å². The Morgan fingerprint density at radius 1 is 1.09 bits per heavy atom. The molecule has 2 atom stereocenters. The van der Waals surface area contributed by atoms with Crippen molar-refractivity contribution in [1.82, 2.24) is 29.7 Å². The number of piperidine rings is 1. The first-order valence-corrected chi connectivity index (χ1v) is 12.1. The van der Waals surface area contributed by atoms with Crippen LogP contribution in [0.25, 0.3) is 27.3 Å². The van der Waals surface area contributed by atoms with Gasteiger partial charge < -0.3 is 14.6 Å². The smallest absolute Gasteiger partial charge is 0.187 e. The van der Waals surface area contributed by atoms with Gasteiger partial charge in [-0.15, -0.1) is 0 Å². The number of hydrogen-bond donors (Lipinski definition) is 1. The van der Waals surface area contributed by atoms with Crippen LogP contribution >= 0.6 is 11.3 Å². The van der Waals surface area contributed by atoms with E-state index in [0.29, 0.717) is 6.04 Å². The van der Waals surface area contributed by atoms with Crippen LogP contribution in [0.15, 0.2) is 24.7 Å². The molecular formula is C24H29N7S. The molecule has 2 saturated heterocycles. The van der Waals surface area contributed by atoms with E-state index in [1.807, 2.05) is 26.2 Å². The quantitative estimate of drug-likeness (QED) is 0.498. The predicted octanol–water partition coefficient (Wildman–Crippen LogP) is 4.52. The van der Waals surface area contributed by atoms with Crippen LogP contribution in [-0.4, -0.2) is 48.5 Å². The molecule has 0 spiro atoms. The Labute approximate surface area is 191 Å².